The molecule has 1 aromatic heterocycles. The van der Waals surface area contributed by atoms with E-state index in [0.29, 0.717) is 36.4 Å². The summed E-state index contributed by atoms with van der Waals surface area (Å²) < 4.78 is 5.47. The minimum Gasteiger partial charge on any atom is -0.507 e. The van der Waals surface area contributed by atoms with E-state index >= 15 is 0 Å². The van der Waals surface area contributed by atoms with E-state index in [9.17, 15) is 14.7 Å². The number of carbonyl (C=O) groups excluding carboxylic acids is 2. The van der Waals surface area contributed by atoms with Crippen molar-refractivity contribution in [1.29, 1.82) is 0 Å². The number of hydrogen-bond donors (Lipinski definition) is 1. The highest BCUT2D eigenvalue weighted by Crippen LogP contribution is 2.39. The molecule has 0 radical (unpaired) electrons. The number of Topliss-reactive ketones (excluding diaryl/α,β-unsaturated/α-hetero) is 1. The summed E-state index contributed by atoms with van der Waals surface area (Å²) >= 11 is 0. The number of aliphatic hydroxyl groups excluding tert-OH is 1. The Morgan fingerprint density at radius 1 is 1.22 bits per heavy atom. The third kappa shape index (κ3) is 3.56. The zero-order chi connectivity index (χ0) is 19.4. The van der Waals surface area contributed by atoms with E-state index < -0.39 is 17.7 Å². The van der Waals surface area contributed by atoms with Gasteiger partial charge in [-0.25, -0.2) is 0 Å². The maximum Gasteiger partial charge on any atom is 0.295 e. The Morgan fingerprint density at radius 3 is 2.70 bits per heavy atom. The van der Waals surface area contributed by atoms with Crippen LogP contribution in [0.25, 0.3) is 5.76 Å². The van der Waals surface area contributed by atoms with E-state index in [4.69, 9.17) is 4.74 Å². The van der Waals surface area contributed by atoms with Crippen LogP contribution in [-0.2, 0) is 9.59 Å². The molecule has 1 unspecified atom stereocenters. The Balaban J connectivity index is 2.14. The smallest absolute Gasteiger partial charge is 0.295 e. The topological polar surface area (TPSA) is 79.7 Å². The van der Waals surface area contributed by atoms with E-state index in [2.05, 4.69) is 4.98 Å². The summed E-state index contributed by atoms with van der Waals surface area (Å²) in [5.74, 6) is -0.908. The number of hydrogen-bond acceptors (Lipinski definition) is 5. The van der Waals surface area contributed by atoms with Crippen LogP contribution in [0.15, 0.2) is 54.4 Å². The normalized spacial score (nSPS) is 18.7. The first-order valence-electron chi connectivity index (χ1n) is 9.00. The van der Waals surface area contributed by atoms with Crippen molar-refractivity contribution in [3.8, 4) is 5.75 Å². The monoisotopic (exact) mass is 366 g/mol. The molecule has 0 saturated carbocycles. The van der Waals surface area contributed by atoms with Gasteiger partial charge in [-0.1, -0.05) is 25.1 Å². The van der Waals surface area contributed by atoms with Crippen molar-refractivity contribution in [3.63, 3.8) is 0 Å². The van der Waals surface area contributed by atoms with Gasteiger partial charge in [0.25, 0.3) is 11.7 Å². The maximum absolute atomic E-state index is 12.7. The summed E-state index contributed by atoms with van der Waals surface area (Å²) in [6.07, 6.45) is 3.94. The van der Waals surface area contributed by atoms with Crippen molar-refractivity contribution in [3.05, 3.63) is 65.5 Å². The number of carbonyl (C=O) groups is 2. The van der Waals surface area contributed by atoms with Gasteiger partial charge in [0.15, 0.2) is 0 Å². The van der Waals surface area contributed by atoms with Crippen LogP contribution in [0.4, 0.5) is 0 Å². The molecule has 2 aromatic rings. The number of ketones is 1. The summed E-state index contributed by atoms with van der Waals surface area (Å²) in [5.41, 5.74) is 1.20. The fraction of sp³-hybridized carbons (Fsp3) is 0.286. The van der Waals surface area contributed by atoms with Crippen molar-refractivity contribution in [2.75, 3.05) is 13.2 Å². The molecule has 0 bridgehead atoms. The zero-order valence-corrected chi connectivity index (χ0v) is 15.4. The fourth-order valence-corrected chi connectivity index (χ4v) is 3.29. The average molecular weight is 366 g/mol. The molecule has 1 saturated heterocycles. The molecule has 6 nitrogen and oxygen atoms in total. The highest BCUT2D eigenvalue weighted by atomic mass is 16.5. The van der Waals surface area contributed by atoms with Crippen LogP contribution in [0.1, 0.15) is 37.4 Å². The third-order valence-corrected chi connectivity index (χ3v) is 4.42. The molecule has 3 rings (SSSR count). The lowest BCUT2D eigenvalue weighted by molar-refractivity contribution is -0.139. The number of amides is 1. The number of benzene rings is 1. The molecule has 1 aromatic carbocycles. The van der Waals surface area contributed by atoms with Gasteiger partial charge in [-0.2, -0.15) is 0 Å². The molecule has 1 aliphatic heterocycles. The van der Waals surface area contributed by atoms with Gasteiger partial charge in [-0.3, -0.25) is 14.6 Å². The van der Waals surface area contributed by atoms with Crippen molar-refractivity contribution in [2.24, 2.45) is 0 Å². The second kappa shape index (κ2) is 8.03. The number of rotatable bonds is 6. The predicted octanol–water partition coefficient (Wildman–Crippen LogP) is 3.31. The first-order chi connectivity index (χ1) is 13.1. The number of nitrogens with zero attached hydrogens (tertiary/aromatic N) is 2. The van der Waals surface area contributed by atoms with E-state index in [0.717, 1.165) is 0 Å². The van der Waals surface area contributed by atoms with Crippen LogP contribution in [0, 0.1) is 0 Å². The summed E-state index contributed by atoms with van der Waals surface area (Å²) in [4.78, 5) is 30.9. The van der Waals surface area contributed by atoms with E-state index in [1.165, 1.54) is 4.90 Å². The minimum atomic E-state index is -0.684. The first-order valence-corrected chi connectivity index (χ1v) is 9.00. The average Bonchev–Trinajstić information content (AvgIpc) is 2.94. The Hall–Kier alpha value is -3.15. The van der Waals surface area contributed by atoms with Crippen molar-refractivity contribution >= 4 is 17.4 Å². The Labute approximate surface area is 158 Å². The molecule has 0 spiro atoms. The Bertz CT molecular complexity index is 877. The predicted molar refractivity (Wildman–Crippen MR) is 101 cm³/mol. The largest absolute Gasteiger partial charge is 0.507 e. The molecule has 1 amide bonds. The molecule has 6 heteroatoms. The summed E-state index contributed by atoms with van der Waals surface area (Å²) in [6.45, 7) is 4.71. The van der Waals surface area contributed by atoms with E-state index in [1.54, 1.807) is 48.8 Å². The van der Waals surface area contributed by atoms with Crippen LogP contribution in [-0.4, -0.2) is 39.8 Å². The number of aliphatic hydroxyl groups is 1. The molecule has 1 atom stereocenters. The lowest BCUT2D eigenvalue weighted by Gasteiger charge is -2.24. The summed E-state index contributed by atoms with van der Waals surface area (Å²) in [6, 6.07) is 9.75. The van der Waals surface area contributed by atoms with E-state index in [1.807, 2.05) is 13.8 Å². The SMILES string of the molecule is CCCN1C(=O)C(=O)/C(=C(\O)c2cccc(OCC)c2)C1c1cccnc1. The van der Waals surface area contributed by atoms with Crippen molar-refractivity contribution in [2.45, 2.75) is 26.3 Å². The fourth-order valence-electron chi connectivity index (χ4n) is 3.29. The van der Waals surface area contributed by atoms with Gasteiger partial charge in [-0.15, -0.1) is 0 Å². The van der Waals surface area contributed by atoms with Crippen LogP contribution in [0.2, 0.25) is 0 Å². The zero-order valence-electron chi connectivity index (χ0n) is 15.4. The molecular weight excluding hydrogens is 344 g/mol. The number of aromatic nitrogens is 1. The maximum atomic E-state index is 12.7. The van der Waals surface area contributed by atoms with Crippen LogP contribution in [0.3, 0.4) is 0 Å². The first kappa shape index (κ1) is 18.6. The van der Waals surface area contributed by atoms with E-state index in [-0.39, 0.29) is 11.3 Å². The van der Waals surface area contributed by atoms with Gasteiger partial charge in [0.2, 0.25) is 0 Å². The highest BCUT2D eigenvalue weighted by molar-refractivity contribution is 6.46. The third-order valence-electron chi connectivity index (χ3n) is 4.42. The molecule has 0 aliphatic carbocycles. The van der Waals surface area contributed by atoms with Gasteiger partial charge >= 0.3 is 0 Å². The summed E-state index contributed by atoms with van der Waals surface area (Å²) in [5, 5.41) is 10.9. The summed E-state index contributed by atoms with van der Waals surface area (Å²) in [7, 11) is 0. The number of likely N-dealkylation sites (tertiary alicyclic amines) is 1. The van der Waals surface area contributed by atoms with Crippen LogP contribution < -0.4 is 4.74 Å². The molecule has 1 aliphatic rings. The van der Waals surface area contributed by atoms with Crippen molar-refractivity contribution in [1.82, 2.24) is 9.88 Å². The molecular formula is C21H22N2O4. The van der Waals surface area contributed by atoms with Gasteiger partial charge in [-0.05, 0) is 37.1 Å². The van der Waals surface area contributed by atoms with Gasteiger partial charge < -0.3 is 14.7 Å². The number of pyridine rings is 1. The molecule has 2 heterocycles. The Kier molecular flexibility index (Phi) is 5.54. The van der Waals surface area contributed by atoms with Gasteiger partial charge in [0.05, 0.1) is 18.2 Å². The lowest BCUT2D eigenvalue weighted by atomic mass is 9.96. The molecule has 140 valence electrons. The second-order valence-electron chi connectivity index (χ2n) is 6.24. The molecule has 1 N–H and O–H groups in total. The van der Waals surface area contributed by atoms with Gasteiger partial charge in [0.1, 0.15) is 11.5 Å². The quantitative estimate of drug-likeness (QED) is 0.482. The number of ether oxygens (including phenoxy) is 1. The Morgan fingerprint density at radius 2 is 2.04 bits per heavy atom. The van der Waals surface area contributed by atoms with Crippen molar-refractivity contribution < 1.29 is 19.4 Å². The van der Waals surface area contributed by atoms with Gasteiger partial charge in [0, 0.05) is 24.5 Å². The molecule has 1 fully saturated rings. The van der Waals surface area contributed by atoms with Crippen LogP contribution >= 0.6 is 0 Å². The minimum absolute atomic E-state index is 0.0788. The standard InChI is InChI=1S/C21H22N2O4/c1-3-11-23-18(15-8-6-10-22-13-15)17(20(25)21(23)26)19(24)14-7-5-9-16(12-14)27-4-2/h5-10,12-13,18,24H,3-4,11H2,1-2H3/b19-17-. The van der Waals surface area contributed by atoms with Crippen LogP contribution in [0.5, 0.6) is 5.75 Å². The highest BCUT2D eigenvalue weighted by Gasteiger charge is 2.45. The molecule has 27 heavy (non-hydrogen) atoms. The lowest BCUT2D eigenvalue weighted by Crippen LogP contribution is -2.30. The second-order valence-corrected chi connectivity index (χ2v) is 6.24.